The average molecular weight is 353 g/mol. The van der Waals surface area contributed by atoms with E-state index >= 15 is 0 Å². The summed E-state index contributed by atoms with van der Waals surface area (Å²) in [5.41, 5.74) is 3.35. The lowest BCUT2D eigenvalue weighted by Gasteiger charge is -2.28. The fourth-order valence-electron chi connectivity index (χ4n) is 3.40. The van der Waals surface area contributed by atoms with E-state index in [1.807, 2.05) is 31.2 Å². The molecule has 1 aliphatic heterocycles. The molecule has 1 aliphatic rings. The first-order valence-corrected chi connectivity index (χ1v) is 9.63. The summed E-state index contributed by atoms with van der Waals surface area (Å²) < 4.78 is 0. The standard InChI is InChI=1S/C20H23N3OS/c1-16-5-7-18(8-6-16)23(12-3-10-21)20(24)14-22-11-2-4-19(22)17-9-13-25-15-17/h5-9,13,15,19H,2-4,11-12,14H2,1H3/t19-/m0/s1. The lowest BCUT2D eigenvalue weighted by atomic mass is 10.1. The lowest BCUT2D eigenvalue weighted by Crippen LogP contribution is -2.40. The number of carbonyl (C=O) groups excluding carboxylic acids is 1. The van der Waals surface area contributed by atoms with E-state index in [9.17, 15) is 4.79 Å². The van der Waals surface area contributed by atoms with Gasteiger partial charge in [-0.25, -0.2) is 0 Å². The number of anilines is 1. The molecule has 1 amide bonds. The molecular weight excluding hydrogens is 330 g/mol. The third kappa shape index (κ3) is 4.28. The molecule has 5 heteroatoms. The minimum absolute atomic E-state index is 0.0706. The highest BCUT2D eigenvalue weighted by molar-refractivity contribution is 7.07. The lowest BCUT2D eigenvalue weighted by molar-refractivity contribution is -0.120. The van der Waals surface area contributed by atoms with Crippen LogP contribution in [0.2, 0.25) is 0 Å². The van der Waals surface area contributed by atoms with Crippen molar-refractivity contribution in [2.24, 2.45) is 0 Å². The van der Waals surface area contributed by atoms with Gasteiger partial charge in [-0.3, -0.25) is 9.69 Å². The van der Waals surface area contributed by atoms with Crippen molar-refractivity contribution in [2.75, 3.05) is 24.5 Å². The third-order valence-electron chi connectivity index (χ3n) is 4.72. The molecule has 0 bridgehead atoms. The van der Waals surface area contributed by atoms with Crippen LogP contribution in [-0.4, -0.2) is 30.4 Å². The number of hydrogen-bond donors (Lipinski definition) is 0. The Balaban J connectivity index is 1.73. The first-order chi connectivity index (χ1) is 12.2. The predicted molar refractivity (Wildman–Crippen MR) is 102 cm³/mol. The smallest absolute Gasteiger partial charge is 0.241 e. The van der Waals surface area contributed by atoms with E-state index in [4.69, 9.17) is 5.26 Å². The molecule has 1 atom stereocenters. The maximum atomic E-state index is 13.0. The van der Waals surface area contributed by atoms with E-state index < -0.39 is 0 Å². The van der Waals surface area contributed by atoms with E-state index in [0.717, 1.165) is 30.6 Å². The van der Waals surface area contributed by atoms with Crippen molar-refractivity contribution < 1.29 is 4.79 Å². The van der Waals surface area contributed by atoms with Crippen LogP contribution in [0.3, 0.4) is 0 Å². The Morgan fingerprint density at radius 1 is 1.36 bits per heavy atom. The molecule has 1 saturated heterocycles. The van der Waals surface area contributed by atoms with Crippen molar-refractivity contribution in [3.8, 4) is 6.07 Å². The average Bonchev–Trinajstić information content (AvgIpc) is 3.28. The van der Waals surface area contributed by atoms with Crippen molar-refractivity contribution >= 4 is 22.9 Å². The van der Waals surface area contributed by atoms with E-state index in [2.05, 4.69) is 27.8 Å². The van der Waals surface area contributed by atoms with Crippen LogP contribution < -0.4 is 4.90 Å². The summed E-state index contributed by atoms with van der Waals surface area (Å²) in [5.74, 6) is 0.0706. The number of nitriles is 1. The summed E-state index contributed by atoms with van der Waals surface area (Å²) in [6.45, 7) is 3.82. The number of nitrogens with zero attached hydrogens (tertiary/aromatic N) is 3. The van der Waals surface area contributed by atoms with Crippen LogP contribution >= 0.6 is 11.3 Å². The molecule has 1 fully saturated rings. The van der Waals surface area contributed by atoms with E-state index in [0.29, 0.717) is 25.6 Å². The summed E-state index contributed by atoms with van der Waals surface area (Å²) >= 11 is 1.70. The molecule has 3 rings (SSSR count). The largest absolute Gasteiger partial charge is 0.310 e. The molecule has 130 valence electrons. The van der Waals surface area contributed by atoms with Gasteiger partial charge in [0.1, 0.15) is 0 Å². The number of amides is 1. The number of thiophene rings is 1. The van der Waals surface area contributed by atoms with Gasteiger partial charge < -0.3 is 4.90 Å². The van der Waals surface area contributed by atoms with Crippen LogP contribution in [0.25, 0.3) is 0 Å². The number of benzene rings is 1. The molecular formula is C20H23N3OS. The van der Waals surface area contributed by atoms with Gasteiger partial charge in [-0.1, -0.05) is 17.7 Å². The molecule has 0 unspecified atom stereocenters. The molecule has 2 heterocycles. The van der Waals surface area contributed by atoms with Gasteiger partial charge in [0.25, 0.3) is 0 Å². The fourth-order valence-corrected chi connectivity index (χ4v) is 4.11. The van der Waals surface area contributed by atoms with Crippen LogP contribution in [0.1, 0.15) is 36.4 Å². The molecule has 25 heavy (non-hydrogen) atoms. The molecule has 1 aromatic heterocycles. The van der Waals surface area contributed by atoms with Gasteiger partial charge in [0.15, 0.2) is 0 Å². The Hall–Kier alpha value is -2.16. The first-order valence-electron chi connectivity index (χ1n) is 8.69. The van der Waals surface area contributed by atoms with Gasteiger partial charge in [0.2, 0.25) is 5.91 Å². The van der Waals surface area contributed by atoms with Gasteiger partial charge in [-0.05, 0) is 60.8 Å². The van der Waals surface area contributed by atoms with Crippen LogP contribution in [0.4, 0.5) is 5.69 Å². The highest BCUT2D eigenvalue weighted by atomic mass is 32.1. The number of hydrogen-bond acceptors (Lipinski definition) is 4. The molecule has 4 nitrogen and oxygen atoms in total. The summed E-state index contributed by atoms with van der Waals surface area (Å²) in [5, 5.41) is 13.2. The number of carbonyl (C=O) groups is 1. The summed E-state index contributed by atoms with van der Waals surface area (Å²) in [4.78, 5) is 17.0. The maximum Gasteiger partial charge on any atom is 0.241 e. The third-order valence-corrected chi connectivity index (χ3v) is 5.43. The minimum atomic E-state index is 0.0706. The molecule has 0 aliphatic carbocycles. The second kappa shape index (κ2) is 8.28. The Morgan fingerprint density at radius 3 is 2.84 bits per heavy atom. The quantitative estimate of drug-likeness (QED) is 0.784. The normalized spacial score (nSPS) is 17.4. The highest BCUT2D eigenvalue weighted by Crippen LogP contribution is 2.33. The van der Waals surface area contributed by atoms with Crippen molar-refractivity contribution in [1.29, 1.82) is 5.26 Å². The Labute approximate surface area is 153 Å². The van der Waals surface area contributed by atoms with Crippen LogP contribution in [-0.2, 0) is 4.79 Å². The monoisotopic (exact) mass is 353 g/mol. The maximum absolute atomic E-state index is 13.0. The summed E-state index contributed by atoms with van der Waals surface area (Å²) in [6, 6.07) is 12.6. The van der Waals surface area contributed by atoms with Gasteiger partial charge in [0, 0.05) is 18.3 Å². The zero-order chi connectivity index (χ0) is 17.6. The molecule has 0 spiro atoms. The zero-order valence-corrected chi connectivity index (χ0v) is 15.3. The predicted octanol–water partition coefficient (Wildman–Crippen LogP) is 4.14. The molecule has 0 N–H and O–H groups in total. The zero-order valence-electron chi connectivity index (χ0n) is 14.5. The van der Waals surface area contributed by atoms with E-state index in [-0.39, 0.29) is 5.91 Å². The van der Waals surface area contributed by atoms with Gasteiger partial charge in [-0.2, -0.15) is 16.6 Å². The second-order valence-electron chi connectivity index (χ2n) is 6.47. The molecule has 1 aromatic carbocycles. The van der Waals surface area contributed by atoms with Crippen LogP contribution in [0, 0.1) is 18.3 Å². The van der Waals surface area contributed by atoms with Crippen molar-refractivity contribution in [1.82, 2.24) is 4.90 Å². The van der Waals surface area contributed by atoms with Gasteiger partial charge in [0.05, 0.1) is 19.0 Å². The minimum Gasteiger partial charge on any atom is -0.310 e. The molecule has 0 radical (unpaired) electrons. The number of likely N-dealkylation sites (tertiary alicyclic amines) is 1. The molecule has 0 saturated carbocycles. The highest BCUT2D eigenvalue weighted by Gasteiger charge is 2.29. The van der Waals surface area contributed by atoms with Crippen molar-refractivity contribution in [3.63, 3.8) is 0 Å². The summed E-state index contributed by atoms with van der Waals surface area (Å²) in [6.07, 6.45) is 2.57. The second-order valence-corrected chi connectivity index (χ2v) is 7.25. The van der Waals surface area contributed by atoms with E-state index in [1.165, 1.54) is 5.56 Å². The Morgan fingerprint density at radius 2 is 2.16 bits per heavy atom. The van der Waals surface area contributed by atoms with Gasteiger partial charge in [-0.15, -0.1) is 0 Å². The topological polar surface area (TPSA) is 47.3 Å². The molecule has 2 aromatic rings. The number of aryl methyl sites for hydroxylation is 1. The van der Waals surface area contributed by atoms with Crippen molar-refractivity contribution in [3.05, 3.63) is 52.2 Å². The fraction of sp³-hybridized carbons (Fsp3) is 0.400. The Bertz CT molecular complexity index is 733. The first kappa shape index (κ1) is 17.7. The SMILES string of the molecule is Cc1ccc(N(CCC#N)C(=O)CN2CCC[C@H]2c2ccsc2)cc1. The van der Waals surface area contributed by atoms with Crippen molar-refractivity contribution in [2.45, 2.75) is 32.2 Å². The number of rotatable bonds is 6. The van der Waals surface area contributed by atoms with Gasteiger partial charge >= 0.3 is 0 Å². The van der Waals surface area contributed by atoms with Crippen LogP contribution in [0.15, 0.2) is 41.1 Å². The Kier molecular flexibility index (Phi) is 5.85. The van der Waals surface area contributed by atoms with Crippen LogP contribution in [0.5, 0.6) is 0 Å². The van der Waals surface area contributed by atoms with E-state index in [1.54, 1.807) is 16.2 Å². The summed E-state index contributed by atoms with van der Waals surface area (Å²) in [7, 11) is 0.